The zero-order chi connectivity index (χ0) is 16.2. The lowest BCUT2D eigenvalue weighted by Crippen LogP contribution is -2.30. The van der Waals surface area contributed by atoms with Crippen LogP contribution in [0.4, 0.5) is 5.69 Å². The molecule has 0 amide bonds. The number of hydrogen-bond acceptors (Lipinski definition) is 2. The summed E-state index contributed by atoms with van der Waals surface area (Å²) in [5.41, 5.74) is 13.0. The van der Waals surface area contributed by atoms with E-state index in [2.05, 4.69) is 14.7 Å². The van der Waals surface area contributed by atoms with Crippen molar-refractivity contribution in [2.75, 3.05) is 18.4 Å². The molecule has 1 saturated heterocycles. The number of benzene rings is 1. The van der Waals surface area contributed by atoms with Gasteiger partial charge in [0.2, 0.25) is 11.9 Å². The number of hydrogen-bond donors (Lipinski definition) is 3. The first-order valence-electron chi connectivity index (χ1n) is 6.91. The first kappa shape index (κ1) is 16.2. The van der Waals surface area contributed by atoms with Crippen molar-refractivity contribution in [2.45, 2.75) is 19.8 Å². The molecular weight excluding hydrogens is 304 g/mol. The maximum Gasteiger partial charge on any atom is 0.325 e. The average molecular weight is 324 g/mol. The van der Waals surface area contributed by atoms with Crippen molar-refractivity contribution in [3.8, 4) is 0 Å². The molecule has 1 aliphatic rings. The third-order valence-corrected chi connectivity index (χ3v) is 4.68. The van der Waals surface area contributed by atoms with Crippen LogP contribution in [-0.2, 0) is 10.2 Å². The van der Waals surface area contributed by atoms with Gasteiger partial charge in [0.1, 0.15) is 0 Å². The van der Waals surface area contributed by atoms with Crippen LogP contribution in [0.3, 0.4) is 0 Å². The topological polar surface area (TPSA) is 126 Å². The monoisotopic (exact) mass is 324 g/mol. The van der Waals surface area contributed by atoms with Gasteiger partial charge in [-0.15, -0.1) is 4.40 Å². The summed E-state index contributed by atoms with van der Waals surface area (Å²) in [6.45, 7) is 2.82. The maximum absolute atomic E-state index is 12.0. The Hall–Kier alpha value is -2.13. The SMILES string of the molecule is Cc1ccccc1N/C(N)=N/C(N)=N/S(=O)(=O)N1CCCC1. The molecule has 0 radical (unpaired) electrons. The molecule has 9 heteroatoms. The summed E-state index contributed by atoms with van der Waals surface area (Å²) in [4.78, 5) is 3.78. The molecule has 0 aromatic heterocycles. The second-order valence-corrected chi connectivity index (χ2v) is 6.57. The Morgan fingerprint density at radius 3 is 2.50 bits per heavy atom. The molecule has 1 aromatic carbocycles. The predicted molar refractivity (Wildman–Crippen MR) is 87.8 cm³/mol. The van der Waals surface area contributed by atoms with Crippen molar-refractivity contribution in [3.05, 3.63) is 29.8 Å². The van der Waals surface area contributed by atoms with E-state index in [1.165, 1.54) is 4.31 Å². The molecule has 0 unspecified atom stereocenters. The van der Waals surface area contributed by atoms with E-state index in [4.69, 9.17) is 11.5 Å². The normalized spacial score (nSPS) is 17.7. The van der Waals surface area contributed by atoms with Crippen LogP contribution < -0.4 is 16.8 Å². The van der Waals surface area contributed by atoms with Gasteiger partial charge in [-0.05, 0) is 31.4 Å². The van der Waals surface area contributed by atoms with E-state index < -0.39 is 16.2 Å². The van der Waals surface area contributed by atoms with Crippen LogP contribution in [0.2, 0.25) is 0 Å². The third-order valence-electron chi connectivity index (χ3n) is 3.24. The summed E-state index contributed by atoms with van der Waals surface area (Å²) in [7, 11) is -3.78. The highest BCUT2D eigenvalue weighted by Gasteiger charge is 2.24. The van der Waals surface area contributed by atoms with Gasteiger partial charge in [0, 0.05) is 18.8 Å². The van der Waals surface area contributed by atoms with Gasteiger partial charge in [-0.2, -0.15) is 17.7 Å². The van der Waals surface area contributed by atoms with Gasteiger partial charge in [-0.1, -0.05) is 18.2 Å². The summed E-state index contributed by atoms with van der Waals surface area (Å²) < 4.78 is 28.7. The van der Waals surface area contributed by atoms with E-state index in [0.29, 0.717) is 13.1 Å². The van der Waals surface area contributed by atoms with Crippen molar-refractivity contribution in [1.82, 2.24) is 4.31 Å². The largest absolute Gasteiger partial charge is 0.369 e. The Bertz CT molecular complexity index is 692. The van der Waals surface area contributed by atoms with Crippen LogP contribution in [0.1, 0.15) is 18.4 Å². The smallest absolute Gasteiger partial charge is 0.325 e. The summed E-state index contributed by atoms with van der Waals surface area (Å²) >= 11 is 0. The summed E-state index contributed by atoms with van der Waals surface area (Å²) in [6, 6.07) is 7.47. The maximum atomic E-state index is 12.0. The number of para-hydroxylation sites is 1. The van der Waals surface area contributed by atoms with E-state index in [-0.39, 0.29) is 5.96 Å². The molecule has 1 fully saturated rings. The molecular formula is C13H20N6O2S. The first-order valence-corrected chi connectivity index (χ1v) is 8.30. The fraction of sp³-hybridized carbons (Fsp3) is 0.385. The number of rotatable bonds is 3. The second kappa shape index (κ2) is 6.75. The van der Waals surface area contributed by atoms with Crippen molar-refractivity contribution < 1.29 is 8.42 Å². The molecule has 0 bridgehead atoms. The van der Waals surface area contributed by atoms with Crippen molar-refractivity contribution in [3.63, 3.8) is 0 Å². The van der Waals surface area contributed by atoms with Gasteiger partial charge < -0.3 is 16.8 Å². The van der Waals surface area contributed by atoms with Crippen molar-refractivity contribution >= 4 is 27.8 Å². The number of nitrogens with two attached hydrogens (primary N) is 2. The number of guanidine groups is 2. The summed E-state index contributed by atoms with van der Waals surface area (Å²) in [6.07, 6.45) is 1.66. The first-order chi connectivity index (χ1) is 10.4. The molecule has 8 nitrogen and oxygen atoms in total. The number of aliphatic imine (C=N–C) groups is 1. The summed E-state index contributed by atoms with van der Waals surface area (Å²) in [5.74, 6) is -0.419. The zero-order valence-corrected chi connectivity index (χ0v) is 13.2. The molecule has 0 atom stereocenters. The van der Waals surface area contributed by atoms with E-state index in [0.717, 1.165) is 24.1 Å². The Morgan fingerprint density at radius 2 is 1.86 bits per heavy atom. The lowest BCUT2D eigenvalue weighted by atomic mass is 10.2. The van der Waals surface area contributed by atoms with Gasteiger partial charge in [0.05, 0.1) is 0 Å². The minimum Gasteiger partial charge on any atom is -0.369 e. The fourth-order valence-electron chi connectivity index (χ4n) is 2.12. The lowest BCUT2D eigenvalue weighted by Gasteiger charge is -2.11. The fourth-order valence-corrected chi connectivity index (χ4v) is 3.23. The molecule has 0 saturated carbocycles. The minimum atomic E-state index is -3.78. The van der Waals surface area contributed by atoms with Crippen LogP contribution in [0.25, 0.3) is 0 Å². The van der Waals surface area contributed by atoms with E-state index >= 15 is 0 Å². The Balaban J connectivity index is 2.10. The molecule has 0 aliphatic carbocycles. The molecule has 5 N–H and O–H groups in total. The molecule has 1 aromatic rings. The van der Waals surface area contributed by atoms with Gasteiger partial charge in [0.25, 0.3) is 0 Å². The molecule has 22 heavy (non-hydrogen) atoms. The van der Waals surface area contributed by atoms with Gasteiger partial charge in [0.15, 0.2) is 0 Å². The quantitative estimate of drug-likeness (QED) is 0.547. The Labute approximate surface area is 130 Å². The molecule has 1 aliphatic heterocycles. The zero-order valence-electron chi connectivity index (χ0n) is 12.4. The highest BCUT2D eigenvalue weighted by molar-refractivity contribution is 7.87. The Kier molecular flexibility index (Phi) is 4.99. The van der Waals surface area contributed by atoms with Crippen LogP contribution in [-0.4, -0.2) is 37.7 Å². The summed E-state index contributed by atoms with van der Waals surface area (Å²) in [5, 5.41) is 2.85. The number of anilines is 1. The van der Waals surface area contributed by atoms with Gasteiger partial charge in [-0.3, -0.25) is 0 Å². The number of nitrogens with zero attached hydrogens (tertiary/aromatic N) is 3. The van der Waals surface area contributed by atoms with Crippen LogP contribution in [0.15, 0.2) is 33.7 Å². The lowest BCUT2D eigenvalue weighted by molar-refractivity contribution is 0.479. The predicted octanol–water partition coefficient (Wildman–Crippen LogP) is 0.377. The Morgan fingerprint density at radius 1 is 1.23 bits per heavy atom. The number of nitrogens with one attached hydrogen (secondary N) is 1. The third kappa shape index (κ3) is 4.18. The van der Waals surface area contributed by atoms with Crippen LogP contribution >= 0.6 is 0 Å². The number of aryl methyl sites for hydroxylation is 1. The van der Waals surface area contributed by atoms with E-state index in [9.17, 15) is 8.42 Å². The molecule has 2 rings (SSSR count). The minimum absolute atomic E-state index is 0.0211. The molecule has 120 valence electrons. The van der Waals surface area contributed by atoms with E-state index in [1.807, 2.05) is 31.2 Å². The van der Waals surface area contributed by atoms with Crippen LogP contribution in [0.5, 0.6) is 0 Å². The average Bonchev–Trinajstić information content (AvgIpc) is 2.95. The van der Waals surface area contributed by atoms with Crippen LogP contribution in [0, 0.1) is 6.92 Å². The van der Waals surface area contributed by atoms with Gasteiger partial charge >= 0.3 is 10.2 Å². The standard InChI is InChI=1S/C13H20N6O2S/c1-10-6-2-3-7-11(10)16-12(14)17-13(15)18-22(20,21)19-8-4-5-9-19/h2-3,6-7H,4-5,8-9H2,1H3,(H5,14,15,16,17,18). The molecule has 0 spiro atoms. The highest BCUT2D eigenvalue weighted by Crippen LogP contribution is 2.14. The van der Waals surface area contributed by atoms with Crippen molar-refractivity contribution in [2.24, 2.45) is 20.9 Å². The molecule has 1 heterocycles. The van der Waals surface area contributed by atoms with Crippen molar-refractivity contribution in [1.29, 1.82) is 0 Å². The van der Waals surface area contributed by atoms with Gasteiger partial charge in [-0.25, -0.2) is 0 Å². The highest BCUT2D eigenvalue weighted by atomic mass is 32.2. The second-order valence-electron chi connectivity index (χ2n) is 4.97. The van der Waals surface area contributed by atoms with E-state index in [1.54, 1.807) is 0 Å².